The van der Waals surface area contributed by atoms with Crippen molar-refractivity contribution in [2.45, 2.75) is 32.2 Å². The highest BCUT2D eigenvalue weighted by molar-refractivity contribution is 7.09. The lowest BCUT2D eigenvalue weighted by molar-refractivity contribution is -0.385. The quantitative estimate of drug-likeness (QED) is 0.263. The van der Waals surface area contributed by atoms with Crippen LogP contribution >= 0.6 is 11.3 Å². The van der Waals surface area contributed by atoms with Crippen molar-refractivity contribution in [3.8, 4) is 11.3 Å². The first kappa shape index (κ1) is 25.3. The molecule has 0 radical (unpaired) electrons. The van der Waals surface area contributed by atoms with E-state index in [9.17, 15) is 19.7 Å². The van der Waals surface area contributed by atoms with Crippen LogP contribution < -0.4 is 5.32 Å². The van der Waals surface area contributed by atoms with Crippen molar-refractivity contribution < 1.29 is 19.0 Å². The highest BCUT2D eigenvalue weighted by Crippen LogP contribution is 2.33. The zero-order valence-corrected chi connectivity index (χ0v) is 21.4. The zero-order valence-electron chi connectivity index (χ0n) is 20.6. The first-order valence-corrected chi connectivity index (χ1v) is 13.1. The number of nitro groups is 1. The summed E-state index contributed by atoms with van der Waals surface area (Å²) in [7, 11) is 0. The molecule has 0 aliphatic carbocycles. The molecule has 38 heavy (non-hydrogen) atoms. The SMILES string of the molecule is Cc1onc(-c2ccccc2)c1C(=O)N1CCC(c2nc(C(=O)NCc3ccccc3[N+](=O)[O-])cs2)CC1. The number of carbonyl (C=O) groups is 2. The third-order valence-electron chi connectivity index (χ3n) is 6.64. The van der Waals surface area contributed by atoms with E-state index in [1.165, 1.54) is 17.4 Å². The Hall–Kier alpha value is -4.38. The highest BCUT2D eigenvalue weighted by Gasteiger charge is 2.31. The van der Waals surface area contributed by atoms with Crippen molar-refractivity contribution in [2.75, 3.05) is 13.1 Å². The number of aryl methyl sites for hydroxylation is 1. The second kappa shape index (κ2) is 10.9. The summed E-state index contributed by atoms with van der Waals surface area (Å²) in [4.78, 5) is 43.1. The van der Waals surface area contributed by atoms with Crippen molar-refractivity contribution in [2.24, 2.45) is 0 Å². The topological polar surface area (TPSA) is 131 Å². The van der Waals surface area contributed by atoms with Crippen molar-refractivity contribution in [1.29, 1.82) is 0 Å². The van der Waals surface area contributed by atoms with Crippen LogP contribution in [-0.2, 0) is 6.54 Å². The summed E-state index contributed by atoms with van der Waals surface area (Å²) >= 11 is 1.42. The molecule has 194 valence electrons. The molecule has 3 heterocycles. The summed E-state index contributed by atoms with van der Waals surface area (Å²) < 4.78 is 5.37. The zero-order chi connectivity index (χ0) is 26.6. The van der Waals surface area contributed by atoms with E-state index in [-0.39, 0.29) is 35.7 Å². The van der Waals surface area contributed by atoms with Gasteiger partial charge in [-0.15, -0.1) is 11.3 Å². The molecule has 2 aromatic carbocycles. The summed E-state index contributed by atoms with van der Waals surface area (Å²) in [6, 6.07) is 15.8. The van der Waals surface area contributed by atoms with Gasteiger partial charge in [-0.05, 0) is 19.8 Å². The lowest BCUT2D eigenvalue weighted by Crippen LogP contribution is -2.38. The van der Waals surface area contributed by atoms with Gasteiger partial charge < -0.3 is 14.7 Å². The molecule has 10 nitrogen and oxygen atoms in total. The molecule has 0 atom stereocenters. The number of carbonyl (C=O) groups excluding carboxylic acids is 2. The number of nitrogens with one attached hydrogen (secondary N) is 1. The van der Waals surface area contributed by atoms with Crippen molar-refractivity contribution in [3.63, 3.8) is 0 Å². The molecule has 0 bridgehead atoms. The third-order valence-corrected chi connectivity index (χ3v) is 7.64. The number of thiazole rings is 1. The van der Waals surface area contributed by atoms with Gasteiger partial charge in [0.25, 0.3) is 17.5 Å². The number of para-hydroxylation sites is 1. The van der Waals surface area contributed by atoms with E-state index < -0.39 is 4.92 Å². The molecular weight excluding hydrogens is 506 g/mol. The Balaban J connectivity index is 1.20. The summed E-state index contributed by atoms with van der Waals surface area (Å²) in [6.45, 7) is 2.90. The van der Waals surface area contributed by atoms with E-state index in [1.54, 1.807) is 30.5 Å². The molecule has 2 aromatic heterocycles. The predicted molar refractivity (Wildman–Crippen MR) is 141 cm³/mol. The lowest BCUT2D eigenvalue weighted by atomic mass is 9.96. The second-order valence-electron chi connectivity index (χ2n) is 9.03. The summed E-state index contributed by atoms with van der Waals surface area (Å²) in [5.74, 6) is 0.148. The molecule has 1 saturated heterocycles. The van der Waals surface area contributed by atoms with E-state index in [2.05, 4.69) is 15.5 Å². The summed E-state index contributed by atoms with van der Waals surface area (Å²) in [5, 5.41) is 20.6. The van der Waals surface area contributed by atoms with Crippen LogP contribution in [0.1, 0.15) is 55.9 Å². The van der Waals surface area contributed by atoms with Gasteiger partial charge in [0.15, 0.2) is 0 Å². The van der Waals surface area contributed by atoms with Gasteiger partial charge in [0, 0.05) is 48.1 Å². The van der Waals surface area contributed by atoms with Crippen LogP contribution in [-0.4, -0.2) is 44.9 Å². The Morgan fingerprint density at radius 2 is 1.84 bits per heavy atom. The molecule has 4 aromatic rings. The minimum absolute atomic E-state index is 0.0367. The summed E-state index contributed by atoms with van der Waals surface area (Å²) in [6.07, 6.45) is 1.45. The molecular formula is C27H25N5O5S. The van der Waals surface area contributed by atoms with Gasteiger partial charge >= 0.3 is 0 Å². The standard InChI is InChI=1S/C27H25N5O5S/c1-17-23(24(30-37-17)18-7-3-2-4-8-18)27(34)31-13-11-19(12-14-31)26-29-21(16-38-26)25(33)28-15-20-9-5-6-10-22(20)32(35)36/h2-10,16,19H,11-15H2,1H3,(H,28,33). The Morgan fingerprint density at radius 3 is 2.58 bits per heavy atom. The molecule has 0 spiro atoms. The molecule has 1 fully saturated rings. The Kier molecular flexibility index (Phi) is 7.27. The van der Waals surface area contributed by atoms with E-state index in [4.69, 9.17) is 4.52 Å². The molecule has 0 saturated carbocycles. The monoisotopic (exact) mass is 531 g/mol. The van der Waals surface area contributed by atoms with E-state index in [1.807, 2.05) is 35.2 Å². The highest BCUT2D eigenvalue weighted by atomic mass is 32.1. The number of rotatable bonds is 7. The second-order valence-corrected chi connectivity index (χ2v) is 9.92. The molecule has 1 N–H and O–H groups in total. The van der Waals surface area contributed by atoms with Gasteiger partial charge in [-0.25, -0.2) is 4.98 Å². The normalized spacial score (nSPS) is 13.9. The van der Waals surface area contributed by atoms with E-state index in [0.29, 0.717) is 35.7 Å². The number of piperidine rings is 1. The van der Waals surface area contributed by atoms with Gasteiger partial charge in [-0.1, -0.05) is 53.7 Å². The number of hydrogen-bond donors (Lipinski definition) is 1. The fraction of sp³-hybridized carbons (Fsp3) is 0.259. The smallest absolute Gasteiger partial charge is 0.274 e. The molecule has 0 unspecified atom stereocenters. The van der Waals surface area contributed by atoms with Crippen LogP contribution in [0.2, 0.25) is 0 Å². The molecule has 1 aliphatic heterocycles. The maximum Gasteiger partial charge on any atom is 0.274 e. The first-order chi connectivity index (χ1) is 18.4. The van der Waals surface area contributed by atoms with Crippen LogP contribution in [0, 0.1) is 17.0 Å². The maximum atomic E-state index is 13.4. The fourth-order valence-corrected chi connectivity index (χ4v) is 5.56. The lowest BCUT2D eigenvalue weighted by Gasteiger charge is -2.31. The van der Waals surface area contributed by atoms with Gasteiger partial charge in [-0.3, -0.25) is 19.7 Å². The van der Waals surface area contributed by atoms with Gasteiger partial charge in [0.1, 0.15) is 22.7 Å². The van der Waals surface area contributed by atoms with E-state index >= 15 is 0 Å². The average Bonchev–Trinajstić information content (AvgIpc) is 3.59. The first-order valence-electron chi connectivity index (χ1n) is 12.2. The minimum atomic E-state index is -0.466. The van der Waals surface area contributed by atoms with Crippen LogP contribution in [0.15, 0.2) is 64.5 Å². The number of nitrogens with zero attached hydrogens (tertiary/aromatic N) is 4. The van der Waals surface area contributed by atoms with Crippen LogP contribution in [0.5, 0.6) is 0 Å². The minimum Gasteiger partial charge on any atom is -0.360 e. The Morgan fingerprint density at radius 1 is 1.13 bits per heavy atom. The third kappa shape index (κ3) is 5.18. The van der Waals surface area contributed by atoms with Gasteiger partial charge in [-0.2, -0.15) is 0 Å². The Labute approximate surface area is 222 Å². The van der Waals surface area contributed by atoms with Crippen LogP contribution in [0.25, 0.3) is 11.3 Å². The van der Waals surface area contributed by atoms with E-state index in [0.717, 1.165) is 23.4 Å². The van der Waals surface area contributed by atoms with Gasteiger partial charge in [0.2, 0.25) is 0 Å². The van der Waals surface area contributed by atoms with Crippen molar-refractivity contribution in [3.05, 3.63) is 97.7 Å². The number of likely N-dealkylation sites (tertiary alicyclic amines) is 1. The molecule has 11 heteroatoms. The van der Waals surface area contributed by atoms with Gasteiger partial charge in [0.05, 0.1) is 9.93 Å². The van der Waals surface area contributed by atoms with Crippen molar-refractivity contribution in [1.82, 2.24) is 20.4 Å². The largest absolute Gasteiger partial charge is 0.360 e. The average molecular weight is 532 g/mol. The van der Waals surface area contributed by atoms with Crippen LogP contribution in [0.3, 0.4) is 0 Å². The maximum absolute atomic E-state index is 13.4. The Bertz CT molecular complexity index is 1470. The number of amides is 2. The fourth-order valence-electron chi connectivity index (χ4n) is 4.59. The number of aromatic nitrogens is 2. The predicted octanol–water partition coefficient (Wildman–Crippen LogP) is 4.96. The number of benzene rings is 2. The van der Waals surface area contributed by atoms with Crippen LogP contribution in [0.4, 0.5) is 5.69 Å². The molecule has 2 amide bonds. The number of nitro benzene ring substituents is 1. The summed E-state index contributed by atoms with van der Waals surface area (Å²) in [5.41, 5.74) is 2.54. The molecule has 5 rings (SSSR count). The number of hydrogen-bond acceptors (Lipinski definition) is 8. The molecule has 1 aliphatic rings. The van der Waals surface area contributed by atoms with Crippen molar-refractivity contribution >= 4 is 28.8 Å².